The van der Waals surface area contributed by atoms with Crippen LogP contribution in [0.15, 0.2) is 29.2 Å². The van der Waals surface area contributed by atoms with Gasteiger partial charge in [0.05, 0.1) is 10.1 Å². The highest BCUT2D eigenvalue weighted by Gasteiger charge is 2.19. The quantitative estimate of drug-likeness (QED) is 0.808. The van der Waals surface area contributed by atoms with Crippen LogP contribution >= 0.6 is 0 Å². The van der Waals surface area contributed by atoms with Crippen molar-refractivity contribution in [3.8, 4) is 0 Å². The first-order chi connectivity index (χ1) is 8.41. The fourth-order valence-electron chi connectivity index (χ4n) is 1.68. The molecule has 1 unspecified atom stereocenters. The highest BCUT2D eigenvalue weighted by atomic mass is 32.2. The van der Waals surface area contributed by atoms with E-state index in [1.54, 1.807) is 32.0 Å². The molecular weight excluding hydrogens is 250 g/mol. The van der Waals surface area contributed by atoms with Gasteiger partial charge in [-0.3, -0.25) is 0 Å². The Labute approximate surface area is 109 Å². The number of nitrogens with two attached hydrogens (primary N) is 1. The molecule has 3 N–H and O–H groups in total. The number of aliphatic hydroxyl groups is 1. The van der Waals surface area contributed by atoms with E-state index in [0.29, 0.717) is 17.9 Å². The van der Waals surface area contributed by atoms with Crippen molar-refractivity contribution in [2.24, 2.45) is 11.7 Å². The Bertz CT molecular complexity index is 479. The maximum absolute atomic E-state index is 12.0. The Morgan fingerprint density at radius 2 is 2.00 bits per heavy atom. The predicted octanol–water partition coefficient (Wildman–Crippen LogP) is 0.978. The Morgan fingerprint density at radius 1 is 1.33 bits per heavy atom. The zero-order valence-electron chi connectivity index (χ0n) is 10.8. The second-order valence-corrected chi connectivity index (χ2v) is 7.23. The Hall–Kier alpha value is -0.910. The summed E-state index contributed by atoms with van der Waals surface area (Å²) in [6.07, 6.45) is 0.592. The minimum Gasteiger partial charge on any atom is -0.396 e. The first kappa shape index (κ1) is 15.1. The highest BCUT2D eigenvalue weighted by molar-refractivity contribution is 7.92. The molecule has 0 radical (unpaired) electrons. The van der Waals surface area contributed by atoms with Gasteiger partial charge in [-0.05, 0) is 50.4 Å². The topological polar surface area (TPSA) is 80.4 Å². The molecule has 1 aromatic carbocycles. The van der Waals surface area contributed by atoms with E-state index in [2.05, 4.69) is 0 Å². The van der Waals surface area contributed by atoms with Crippen LogP contribution in [-0.4, -0.2) is 31.9 Å². The van der Waals surface area contributed by atoms with Crippen LogP contribution in [0.1, 0.15) is 19.4 Å². The monoisotopic (exact) mass is 271 g/mol. The number of benzene rings is 1. The lowest BCUT2D eigenvalue weighted by molar-refractivity contribution is 0.230. The van der Waals surface area contributed by atoms with E-state index in [4.69, 9.17) is 10.8 Å². The molecule has 102 valence electrons. The minimum absolute atomic E-state index is 0.0116. The van der Waals surface area contributed by atoms with Gasteiger partial charge in [-0.15, -0.1) is 0 Å². The van der Waals surface area contributed by atoms with Crippen molar-refractivity contribution >= 4 is 9.84 Å². The number of rotatable bonds is 6. The lowest BCUT2D eigenvalue weighted by Crippen LogP contribution is -2.20. The van der Waals surface area contributed by atoms with Crippen LogP contribution in [0.2, 0.25) is 0 Å². The van der Waals surface area contributed by atoms with Gasteiger partial charge in [-0.1, -0.05) is 12.1 Å². The maximum Gasteiger partial charge on any atom is 0.180 e. The summed E-state index contributed by atoms with van der Waals surface area (Å²) in [5.41, 5.74) is 6.41. The van der Waals surface area contributed by atoms with E-state index < -0.39 is 15.1 Å². The van der Waals surface area contributed by atoms with Gasteiger partial charge in [0.2, 0.25) is 0 Å². The van der Waals surface area contributed by atoms with E-state index in [9.17, 15) is 8.42 Å². The molecule has 0 aliphatic carbocycles. The van der Waals surface area contributed by atoms with E-state index in [-0.39, 0.29) is 12.5 Å². The SMILES string of the molecule is CC(C)S(=O)(=O)c1cccc(CC(CN)CO)c1. The molecule has 5 heteroatoms. The maximum atomic E-state index is 12.0. The lowest BCUT2D eigenvalue weighted by Gasteiger charge is -2.13. The second kappa shape index (κ2) is 6.31. The normalized spacial score (nSPS) is 13.8. The van der Waals surface area contributed by atoms with Crippen LogP contribution in [0.3, 0.4) is 0 Å². The summed E-state index contributed by atoms with van der Waals surface area (Å²) in [6.45, 7) is 3.73. The molecule has 0 amide bonds. The van der Waals surface area contributed by atoms with Crippen LogP contribution in [-0.2, 0) is 16.3 Å². The molecule has 1 aromatic rings. The summed E-state index contributed by atoms with van der Waals surface area (Å²) in [7, 11) is -3.24. The minimum atomic E-state index is -3.24. The van der Waals surface area contributed by atoms with Gasteiger partial charge in [0, 0.05) is 6.61 Å². The van der Waals surface area contributed by atoms with E-state index in [1.807, 2.05) is 6.07 Å². The van der Waals surface area contributed by atoms with Crippen LogP contribution in [0.4, 0.5) is 0 Å². The van der Waals surface area contributed by atoms with E-state index in [0.717, 1.165) is 5.56 Å². The highest BCUT2D eigenvalue weighted by Crippen LogP contribution is 2.18. The Morgan fingerprint density at radius 3 is 2.50 bits per heavy atom. The molecule has 18 heavy (non-hydrogen) atoms. The van der Waals surface area contributed by atoms with Crippen molar-refractivity contribution in [3.63, 3.8) is 0 Å². The van der Waals surface area contributed by atoms with E-state index >= 15 is 0 Å². The fraction of sp³-hybridized carbons (Fsp3) is 0.538. The number of hydrogen-bond donors (Lipinski definition) is 2. The molecule has 0 heterocycles. The molecule has 0 aliphatic rings. The summed E-state index contributed by atoms with van der Waals surface area (Å²) in [5.74, 6) is -0.0259. The number of aliphatic hydroxyl groups excluding tert-OH is 1. The molecule has 0 aliphatic heterocycles. The van der Waals surface area contributed by atoms with Crippen molar-refractivity contribution in [1.82, 2.24) is 0 Å². The first-order valence-electron chi connectivity index (χ1n) is 6.05. The summed E-state index contributed by atoms with van der Waals surface area (Å²) in [5, 5.41) is 8.67. The third-order valence-electron chi connectivity index (χ3n) is 2.96. The van der Waals surface area contributed by atoms with Gasteiger partial charge in [0.15, 0.2) is 9.84 Å². The van der Waals surface area contributed by atoms with Gasteiger partial charge in [-0.25, -0.2) is 8.42 Å². The summed E-state index contributed by atoms with van der Waals surface area (Å²) in [4.78, 5) is 0.337. The molecule has 0 aromatic heterocycles. The Kier molecular flexibility index (Phi) is 5.31. The van der Waals surface area contributed by atoms with Crippen molar-refractivity contribution in [3.05, 3.63) is 29.8 Å². The molecule has 0 saturated carbocycles. The van der Waals surface area contributed by atoms with Gasteiger partial charge < -0.3 is 10.8 Å². The lowest BCUT2D eigenvalue weighted by atomic mass is 10.0. The van der Waals surface area contributed by atoms with Crippen LogP contribution in [0, 0.1) is 5.92 Å². The average Bonchev–Trinajstić information content (AvgIpc) is 2.36. The number of sulfone groups is 1. The molecule has 0 bridgehead atoms. The first-order valence-corrected chi connectivity index (χ1v) is 7.60. The molecular formula is C13H21NO3S. The molecule has 0 spiro atoms. The zero-order chi connectivity index (χ0) is 13.8. The van der Waals surface area contributed by atoms with E-state index in [1.165, 1.54) is 0 Å². The zero-order valence-corrected chi connectivity index (χ0v) is 11.7. The second-order valence-electron chi connectivity index (χ2n) is 4.73. The fourth-order valence-corrected chi connectivity index (χ4v) is 2.81. The predicted molar refractivity (Wildman–Crippen MR) is 72.1 cm³/mol. The van der Waals surface area contributed by atoms with Gasteiger partial charge in [0.25, 0.3) is 0 Å². The molecule has 1 rings (SSSR count). The summed E-state index contributed by atoms with van der Waals surface area (Å²) in [6, 6.07) is 6.87. The smallest absolute Gasteiger partial charge is 0.180 e. The summed E-state index contributed by atoms with van der Waals surface area (Å²) >= 11 is 0. The number of hydrogen-bond acceptors (Lipinski definition) is 4. The standard InChI is InChI=1S/C13H21NO3S/c1-10(2)18(16,17)13-5-3-4-11(7-13)6-12(8-14)9-15/h3-5,7,10,12,15H,6,8-9,14H2,1-2H3. The third kappa shape index (κ3) is 3.54. The molecule has 1 atom stereocenters. The third-order valence-corrected chi connectivity index (χ3v) is 5.12. The average molecular weight is 271 g/mol. The summed E-state index contributed by atoms with van der Waals surface area (Å²) < 4.78 is 24.1. The van der Waals surface area contributed by atoms with Crippen molar-refractivity contribution in [2.45, 2.75) is 30.4 Å². The van der Waals surface area contributed by atoms with Gasteiger partial charge in [-0.2, -0.15) is 0 Å². The molecule has 0 saturated heterocycles. The largest absolute Gasteiger partial charge is 0.396 e. The van der Waals surface area contributed by atoms with Crippen molar-refractivity contribution < 1.29 is 13.5 Å². The van der Waals surface area contributed by atoms with Crippen LogP contribution in [0.25, 0.3) is 0 Å². The van der Waals surface area contributed by atoms with Crippen LogP contribution < -0.4 is 5.73 Å². The van der Waals surface area contributed by atoms with Gasteiger partial charge in [0.1, 0.15) is 0 Å². The van der Waals surface area contributed by atoms with Gasteiger partial charge >= 0.3 is 0 Å². The molecule has 0 fully saturated rings. The molecule has 4 nitrogen and oxygen atoms in total. The Balaban J connectivity index is 3.00. The van der Waals surface area contributed by atoms with Crippen molar-refractivity contribution in [1.29, 1.82) is 0 Å². The van der Waals surface area contributed by atoms with Crippen molar-refractivity contribution in [2.75, 3.05) is 13.2 Å². The van der Waals surface area contributed by atoms with Crippen LogP contribution in [0.5, 0.6) is 0 Å².